The van der Waals surface area contributed by atoms with Crippen molar-refractivity contribution in [1.29, 1.82) is 0 Å². The average Bonchev–Trinajstić information content (AvgIpc) is 3.00. The zero-order valence-corrected chi connectivity index (χ0v) is 12.5. The van der Waals surface area contributed by atoms with Crippen molar-refractivity contribution in [3.63, 3.8) is 0 Å². The third kappa shape index (κ3) is 2.05. The Balaban J connectivity index is 1.79. The minimum Gasteiger partial charge on any atom is -0.360 e. The van der Waals surface area contributed by atoms with E-state index in [1.54, 1.807) is 0 Å². The van der Waals surface area contributed by atoms with Crippen LogP contribution in [0, 0.1) is 0 Å². The first kappa shape index (κ1) is 13.0. The van der Waals surface area contributed by atoms with E-state index in [4.69, 9.17) is 4.63 Å². The highest BCUT2D eigenvalue weighted by molar-refractivity contribution is 5.74. The van der Waals surface area contributed by atoms with Gasteiger partial charge in [0.05, 0.1) is 0 Å². The summed E-state index contributed by atoms with van der Waals surface area (Å²) in [5.74, 6) is 1.60. The summed E-state index contributed by atoms with van der Waals surface area (Å²) in [6.07, 6.45) is 1.000. The van der Waals surface area contributed by atoms with Crippen LogP contribution in [0.4, 0.5) is 11.6 Å². The van der Waals surface area contributed by atoms with Gasteiger partial charge in [0, 0.05) is 27.2 Å². The number of benzene rings is 1. The summed E-state index contributed by atoms with van der Waals surface area (Å²) < 4.78 is 4.74. The monoisotopic (exact) mass is 296 g/mol. The quantitative estimate of drug-likeness (QED) is 0.712. The van der Waals surface area contributed by atoms with E-state index in [0.717, 1.165) is 31.1 Å². The molecule has 0 aliphatic carbocycles. The van der Waals surface area contributed by atoms with Gasteiger partial charge in [0.25, 0.3) is 0 Å². The van der Waals surface area contributed by atoms with E-state index >= 15 is 0 Å². The van der Waals surface area contributed by atoms with E-state index in [-0.39, 0.29) is 0 Å². The molecule has 0 spiro atoms. The van der Waals surface area contributed by atoms with Gasteiger partial charge < -0.3 is 9.80 Å². The second-order valence-corrected chi connectivity index (χ2v) is 5.62. The van der Waals surface area contributed by atoms with Crippen molar-refractivity contribution < 1.29 is 4.63 Å². The molecule has 0 amide bonds. The molecule has 1 aliphatic rings. The lowest BCUT2D eigenvalue weighted by molar-refractivity contribution is 0.314. The summed E-state index contributed by atoms with van der Waals surface area (Å²) in [7, 11) is 3.90. The second kappa shape index (κ2) is 4.94. The van der Waals surface area contributed by atoms with E-state index in [0.29, 0.717) is 11.3 Å². The molecule has 3 aromatic rings. The second-order valence-electron chi connectivity index (χ2n) is 5.62. The fourth-order valence-corrected chi connectivity index (χ4v) is 2.81. The number of aromatic nitrogens is 4. The van der Waals surface area contributed by atoms with Crippen LogP contribution in [0.2, 0.25) is 0 Å². The molecule has 0 fully saturated rings. The van der Waals surface area contributed by atoms with Gasteiger partial charge in [-0.1, -0.05) is 24.3 Å². The van der Waals surface area contributed by atoms with Crippen molar-refractivity contribution in [2.24, 2.45) is 0 Å². The minimum absolute atomic E-state index is 0.435. The molecule has 0 unspecified atom stereocenters. The summed E-state index contributed by atoms with van der Waals surface area (Å²) in [6, 6.07) is 8.52. The maximum absolute atomic E-state index is 4.74. The van der Waals surface area contributed by atoms with Gasteiger partial charge in [0.2, 0.25) is 11.3 Å². The fourth-order valence-electron chi connectivity index (χ4n) is 2.81. The molecule has 7 heteroatoms. The number of anilines is 2. The molecule has 1 aliphatic heterocycles. The molecule has 3 heterocycles. The summed E-state index contributed by atoms with van der Waals surface area (Å²) in [5, 5.41) is 7.59. The molecule has 4 rings (SSSR count). The third-order valence-corrected chi connectivity index (χ3v) is 3.93. The Morgan fingerprint density at radius 1 is 1.05 bits per heavy atom. The number of nitrogens with zero attached hydrogens (tertiary/aromatic N) is 6. The standard InChI is InChI=1S/C15H16N6O/c1-20(2)14-15(17-13-12(16-14)18-22-19-13)21-8-7-10-5-3-4-6-11(10)9-21/h3-6H,7-9H2,1-2H3. The Bertz CT molecular complexity index is 828. The van der Waals surface area contributed by atoms with Gasteiger partial charge in [0.15, 0.2) is 11.6 Å². The van der Waals surface area contributed by atoms with Gasteiger partial charge in [-0.25, -0.2) is 14.6 Å². The van der Waals surface area contributed by atoms with Crippen LogP contribution >= 0.6 is 0 Å². The molecule has 22 heavy (non-hydrogen) atoms. The molecular formula is C15H16N6O. The molecule has 2 aromatic heterocycles. The highest BCUT2D eigenvalue weighted by atomic mass is 16.6. The van der Waals surface area contributed by atoms with Crippen molar-refractivity contribution in [3.05, 3.63) is 35.4 Å². The van der Waals surface area contributed by atoms with Gasteiger partial charge in [-0.05, 0) is 27.9 Å². The van der Waals surface area contributed by atoms with Crippen LogP contribution in [0.25, 0.3) is 11.3 Å². The Hall–Kier alpha value is -2.70. The Morgan fingerprint density at radius 2 is 1.77 bits per heavy atom. The topological polar surface area (TPSA) is 71.2 Å². The van der Waals surface area contributed by atoms with Crippen LogP contribution in [0.1, 0.15) is 11.1 Å². The average molecular weight is 296 g/mol. The predicted molar refractivity (Wildman–Crippen MR) is 82.9 cm³/mol. The number of fused-ring (bicyclic) bond motifs is 2. The lowest BCUT2D eigenvalue weighted by Crippen LogP contribution is -2.32. The molecule has 0 bridgehead atoms. The van der Waals surface area contributed by atoms with E-state index in [9.17, 15) is 0 Å². The molecule has 112 valence electrons. The highest BCUT2D eigenvalue weighted by Gasteiger charge is 2.23. The third-order valence-electron chi connectivity index (χ3n) is 3.93. The molecule has 0 atom stereocenters. The van der Waals surface area contributed by atoms with Crippen LogP contribution in [-0.4, -0.2) is 40.9 Å². The molecular weight excluding hydrogens is 280 g/mol. The smallest absolute Gasteiger partial charge is 0.245 e. The van der Waals surface area contributed by atoms with Gasteiger partial charge in [0.1, 0.15) is 0 Å². The van der Waals surface area contributed by atoms with E-state index < -0.39 is 0 Å². The predicted octanol–water partition coefficient (Wildman–Crippen LogP) is 1.64. The van der Waals surface area contributed by atoms with Crippen LogP contribution in [-0.2, 0) is 13.0 Å². The van der Waals surface area contributed by atoms with Crippen molar-refractivity contribution >= 4 is 22.9 Å². The lowest BCUT2D eigenvalue weighted by Gasteiger charge is -2.31. The van der Waals surface area contributed by atoms with E-state index in [1.165, 1.54) is 11.1 Å². The Kier molecular flexibility index (Phi) is 2.92. The van der Waals surface area contributed by atoms with Crippen LogP contribution < -0.4 is 9.80 Å². The molecule has 0 N–H and O–H groups in total. The van der Waals surface area contributed by atoms with Crippen molar-refractivity contribution in [2.45, 2.75) is 13.0 Å². The summed E-state index contributed by atoms with van der Waals surface area (Å²) in [4.78, 5) is 13.3. The highest BCUT2D eigenvalue weighted by Crippen LogP contribution is 2.30. The van der Waals surface area contributed by atoms with Crippen LogP contribution in [0.5, 0.6) is 0 Å². The molecule has 0 saturated carbocycles. The van der Waals surface area contributed by atoms with Gasteiger partial charge >= 0.3 is 0 Å². The number of hydrogen-bond acceptors (Lipinski definition) is 7. The van der Waals surface area contributed by atoms with E-state index in [1.807, 2.05) is 19.0 Å². The minimum atomic E-state index is 0.435. The maximum atomic E-state index is 4.74. The van der Waals surface area contributed by atoms with Gasteiger partial charge in [-0.3, -0.25) is 0 Å². The lowest BCUT2D eigenvalue weighted by atomic mass is 10.00. The molecule has 1 aromatic carbocycles. The maximum Gasteiger partial charge on any atom is 0.245 e. The largest absolute Gasteiger partial charge is 0.360 e. The fraction of sp³-hybridized carbons (Fsp3) is 0.333. The van der Waals surface area contributed by atoms with Gasteiger partial charge in [-0.2, -0.15) is 0 Å². The van der Waals surface area contributed by atoms with Crippen LogP contribution in [0.3, 0.4) is 0 Å². The van der Waals surface area contributed by atoms with Crippen molar-refractivity contribution in [3.8, 4) is 0 Å². The van der Waals surface area contributed by atoms with Crippen LogP contribution in [0.15, 0.2) is 28.9 Å². The SMILES string of the molecule is CN(C)c1nc2nonc2nc1N1CCc2ccccc2C1. The zero-order valence-electron chi connectivity index (χ0n) is 12.5. The number of rotatable bonds is 2. The van der Waals surface area contributed by atoms with Gasteiger partial charge in [-0.15, -0.1) is 0 Å². The first-order chi connectivity index (χ1) is 10.7. The summed E-state index contributed by atoms with van der Waals surface area (Å²) >= 11 is 0. The molecule has 0 saturated heterocycles. The van der Waals surface area contributed by atoms with Crippen molar-refractivity contribution in [1.82, 2.24) is 20.3 Å². The number of hydrogen-bond donors (Lipinski definition) is 0. The normalized spacial score (nSPS) is 14.2. The zero-order chi connectivity index (χ0) is 15.1. The Morgan fingerprint density at radius 3 is 2.55 bits per heavy atom. The molecule has 0 radical (unpaired) electrons. The van der Waals surface area contributed by atoms with Crippen molar-refractivity contribution in [2.75, 3.05) is 30.4 Å². The Labute approximate surface area is 127 Å². The summed E-state index contributed by atoms with van der Waals surface area (Å²) in [5.41, 5.74) is 3.62. The van der Waals surface area contributed by atoms with E-state index in [2.05, 4.69) is 49.4 Å². The summed E-state index contributed by atoms with van der Waals surface area (Å²) in [6.45, 7) is 1.73. The first-order valence-electron chi connectivity index (χ1n) is 7.22. The first-order valence-corrected chi connectivity index (χ1v) is 7.22. The molecule has 7 nitrogen and oxygen atoms in total.